The highest BCUT2D eigenvalue weighted by Gasteiger charge is 1.95. The summed E-state index contributed by atoms with van der Waals surface area (Å²) in [6.07, 6.45) is 5.30. The summed E-state index contributed by atoms with van der Waals surface area (Å²) in [5.74, 6) is 0.636. The number of ether oxygens (including phenoxy) is 1. The van der Waals surface area contributed by atoms with Gasteiger partial charge in [0.05, 0.1) is 0 Å². The summed E-state index contributed by atoms with van der Waals surface area (Å²) in [6, 6.07) is 2.14. The Kier molecular flexibility index (Phi) is 6.19. The van der Waals surface area contributed by atoms with Crippen molar-refractivity contribution in [2.45, 2.75) is 26.8 Å². The van der Waals surface area contributed by atoms with Gasteiger partial charge in [-0.05, 0) is 30.5 Å². The highest BCUT2D eigenvalue weighted by molar-refractivity contribution is 5.09. The van der Waals surface area contributed by atoms with Crippen molar-refractivity contribution in [3.8, 4) is 0 Å². The molecule has 0 fully saturated rings. The van der Waals surface area contributed by atoms with Gasteiger partial charge >= 0.3 is 0 Å². The summed E-state index contributed by atoms with van der Waals surface area (Å²) in [5, 5.41) is 3.41. The van der Waals surface area contributed by atoms with Crippen molar-refractivity contribution in [3.63, 3.8) is 0 Å². The second-order valence-corrected chi connectivity index (χ2v) is 4.68. The standard InChI is InChI=1S/C13H24N2O/c1-12(2)11-16-8-4-6-14-9-13-5-7-15(3)10-13/h5,7,10,12,14H,4,6,8-9,11H2,1-3H3. The molecule has 0 radical (unpaired) electrons. The van der Waals surface area contributed by atoms with Crippen LogP contribution in [-0.2, 0) is 18.3 Å². The second-order valence-electron chi connectivity index (χ2n) is 4.68. The van der Waals surface area contributed by atoms with Gasteiger partial charge in [-0.1, -0.05) is 13.8 Å². The van der Waals surface area contributed by atoms with E-state index in [-0.39, 0.29) is 0 Å². The van der Waals surface area contributed by atoms with Crippen LogP contribution in [0.25, 0.3) is 0 Å². The van der Waals surface area contributed by atoms with Crippen LogP contribution >= 0.6 is 0 Å². The lowest BCUT2D eigenvalue weighted by molar-refractivity contribution is 0.108. The Morgan fingerprint density at radius 2 is 2.25 bits per heavy atom. The molecular weight excluding hydrogens is 200 g/mol. The van der Waals surface area contributed by atoms with E-state index in [9.17, 15) is 0 Å². The maximum absolute atomic E-state index is 5.51. The number of nitrogens with one attached hydrogen (secondary N) is 1. The van der Waals surface area contributed by atoms with Crippen molar-refractivity contribution in [2.24, 2.45) is 13.0 Å². The Bertz CT molecular complexity index is 281. The SMILES string of the molecule is CC(C)COCCCNCc1ccn(C)c1. The first-order valence-electron chi connectivity index (χ1n) is 6.08. The molecular formula is C13H24N2O. The number of rotatable bonds is 8. The predicted molar refractivity (Wildman–Crippen MR) is 67.4 cm³/mol. The summed E-state index contributed by atoms with van der Waals surface area (Å²) >= 11 is 0. The summed E-state index contributed by atoms with van der Waals surface area (Å²) in [7, 11) is 2.04. The maximum atomic E-state index is 5.51. The molecule has 1 aromatic heterocycles. The van der Waals surface area contributed by atoms with Gasteiger partial charge in [-0.25, -0.2) is 0 Å². The molecule has 92 valence electrons. The molecule has 0 atom stereocenters. The average Bonchev–Trinajstić information content (AvgIpc) is 2.62. The van der Waals surface area contributed by atoms with Gasteiger partial charge in [-0.2, -0.15) is 0 Å². The van der Waals surface area contributed by atoms with E-state index in [2.05, 4.69) is 42.2 Å². The lowest BCUT2D eigenvalue weighted by Crippen LogP contribution is -2.16. The highest BCUT2D eigenvalue weighted by atomic mass is 16.5. The number of aromatic nitrogens is 1. The van der Waals surface area contributed by atoms with Crippen molar-refractivity contribution in [3.05, 3.63) is 24.0 Å². The first kappa shape index (κ1) is 13.3. The predicted octanol–water partition coefficient (Wildman–Crippen LogP) is 2.18. The van der Waals surface area contributed by atoms with E-state index in [1.807, 2.05) is 7.05 Å². The topological polar surface area (TPSA) is 26.2 Å². The molecule has 0 aliphatic rings. The van der Waals surface area contributed by atoms with E-state index in [1.165, 1.54) is 5.56 Å². The van der Waals surface area contributed by atoms with Crippen LogP contribution in [-0.4, -0.2) is 24.3 Å². The molecule has 1 N–H and O–H groups in total. The molecule has 1 rings (SSSR count). The van der Waals surface area contributed by atoms with Gasteiger partial charge in [0.1, 0.15) is 0 Å². The zero-order valence-corrected chi connectivity index (χ0v) is 10.7. The number of nitrogens with zero attached hydrogens (tertiary/aromatic N) is 1. The number of hydrogen-bond donors (Lipinski definition) is 1. The van der Waals surface area contributed by atoms with Crippen molar-refractivity contribution in [2.75, 3.05) is 19.8 Å². The lowest BCUT2D eigenvalue weighted by atomic mass is 10.2. The molecule has 16 heavy (non-hydrogen) atoms. The molecule has 0 spiro atoms. The third kappa shape index (κ3) is 5.93. The fraction of sp³-hybridized carbons (Fsp3) is 0.692. The van der Waals surface area contributed by atoms with Crippen molar-refractivity contribution in [1.82, 2.24) is 9.88 Å². The molecule has 1 heterocycles. The van der Waals surface area contributed by atoms with E-state index < -0.39 is 0 Å². The Labute approximate surface area is 98.8 Å². The summed E-state index contributed by atoms with van der Waals surface area (Å²) in [4.78, 5) is 0. The van der Waals surface area contributed by atoms with Crippen LogP contribution in [0.2, 0.25) is 0 Å². The van der Waals surface area contributed by atoms with E-state index in [1.54, 1.807) is 0 Å². The fourth-order valence-electron chi connectivity index (χ4n) is 1.52. The third-order valence-corrected chi connectivity index (χ3v) is 2.32. The smallest absolute Gasteiger partial charge is 0.0489 e. The third-order valence-electron chi connectivity index (χ3n) is 2.32. The quantitative estimate of drug-likeness (QED) is 0.685. The molecule has 0 aromatic carbocycles. The second kappa shape index (κ2) is 7.47. The molecule has 0 amide bonds. The van der Waals surface area contributed by atoms with Crippen molar-refractivity contribution in [1.29, 1.82) is 0 Å². The molecule has 0 unspecified atom stereocenters. The van der Waals surface area contributed by atoms with Gasteiger partial charge in [-0.3, -0.25) is 0 Å². The van der Waals surface area contributed by atoms with Gasteiger partial charge < -0.3 is 14.6 Å². The van der Waals surface area contributed by atoms with Crippen molar-refractivity contribution < 1.29 is 4.74 Å². The monoisotopic (exact) mass is 224 g/mol. The summed E-state index contributed by atoms with van der Waals surface area (Å²) in [6.45, 7) is 8.05. The van der Waals surface area contributed by atoms with Crippen LogP contribution in [0, 0.1) is 5.92 Å². The number of hydrogen-bond acceptors (Lipinski definition) is 2. The summed E-state index contributed by atoms with van der Waals surface area (Å²) in [5.41, 5.74) is 1.34. The molecule has 0 saturated carbocycles. The van der Waals surface area contributed by atoms with E-state index in [0.717, 1.165) is 32.7 Å². The Morgan fingerprint density at radius 3 is 2.88 bits per heavy atom. The van der Waals surface area contributed by atoms with E-state index in [4.69, 9.17) is 4.74 Å². The first-order chi connectivity index (χ1) is 7.68. The van der Waals surface area contributed by atoms with Crippen molar-refractivity contribution >= 4 is 0 Å². The number of aryl methyl sites for hydroxylation is 1. The zero-order chi connectivity index (χ0) is 11.8. The molecule has 0 saturated heterocycles. The van der Waals surface area contributed by atoms with Gasteiger partial charge in [-0.15, -0.1) is 0 Å². The molecule has 0 bridgehead atoms. The Morgan fingerprint density at radius 1 is 1.44 bits per heavy atom. The molecule has 3 heteroatoms. The van der Waals surface area contributed by atoms with Crippen LogP contribution in [0.5, 0.6) is 0 Å². The van der Waals surface area contributed by atoms with Gasteiger partial charge in [0, 0.05) is 39.2 Å². The lowest BCUT2D eigenvalue weighted by Gasteiger charge is -2.07. The highest BCUT2D eigenvalue weighted by Crippen LogP contribution is 1.98. The minimum Gasteiger partial charge on any atom is -0.381 e. The largest absolute Gasteiger partial charge is 0.381 e. The first-order valence-corrected chi connectivity index (χ1v) is 6.08. The molecule has 3 nitrogen and oxygen atoms in total. The van der Waals surface area contributed by atoms with Crippen LogP contribution in [0.4, 0.5) is 0 Å². The maximum Gasteiger partial charge on any atom is 0.0489 e. The van der Waals surface area contributed by atoms with Gasteiger partial charge in [0.2, 0.25) is 0 Å². The van der Waals surface area contributed by atoms with Crippen LogP contribution < -0.4 is 5.32 Å². The minimum atomic E-state index is 0.636. The van der Waals surface area contributed by atoms with Gasteiger partial charge in [0.15, 0.2) is 0 Å². The Hall–Kier alpha value is -0.800. The van der Waals surface area contributed by atoms with E-state index in [0.29, 0.717) is 5.92 Å². The van der Waals surface area contributed by atoms with Gasteiger partial charge in [0.25, 0.3) is 0 Å². The molecule has 0 aliphatic heterocycles. The Balaban J connectivity index is 1.92. The minimum absolute atomic E-state index is 0.636. The van der Waals surface area contributed by atoms with Crippen LogP contribution in [0.3, 0.4) is 0 Å². The zero-order valence-electron chi connectivity index (χ0n) is 10.7. The molecule has 0 aliphatic carbocycles. The molecule has 1 aromatic rings. The normalized spacial score (nSPS) is 11.2. The average molecular weight is 224 g/mol. The summed E-state index contributed by atoms with van der Waals surface area (Å²) < 4.78 is 7.58. The van der Waals surface area contributed by atoms with Crippen LogP contribution in [0.15, 0.2) is 18.5 Å². The van der Waals surface area contributed by atoms with Crippen LogP contribution in [0.1, 0.15) is 25.8 Å². The van der Waals surface area contributed by atoms with E-state index >= 15 is 0 Å². The fourth-order valence-corrected chi connectivity index (χ4v) is 1.52.